The molecule has 0 aromatic heterocycles. The van der Waals surface area contributed by atoms with Crippen LogP contribution in [0.3, 0.4) is 0 Å². The van der Waals surface area contributed by atoms with Crippen molar-refractivity contribution in [2.24, 2.45) is 0 Å². The van der Waals surface area contributed by atoms with Crippen LogP contribution in [0.2, 0.25) is 10.0 Å². The number of amides is 1. The van der Waals surface area contributed by atoms with Gasteiger partial charge in [0.1, 0.15) is 17.3 Å². The molecule has 0 bridgehead atoms. The van der Waals surface area contributed by atoms with E-state index in [1.54, 1.807) is 30.3 Å². The molecule has 4 rings (SSSR count). The number of hydrogen-bond donors (Lipinski definition) is 2. The summed E-state index contributed by atoms with van der Waals surface area (Å²) in [5.74, 6) is -1.33. The van der Waals surface area contributed by atoms with Gasteiger partial charge in [-0.15, -0.1) is 0 Å². The van der Waals surface area contributed by atoms with Crippen molar-refractivity contribution in [2.75, 3.05) is 11.5 Å². The molecule has 1 heterocycles. The van der Waals surface area contributed by atoms with Crippen molar-refractivity contribution >= 4 is 46.3 Å². The van der Waals surface area contributed by atoms with Crippen molar-refractivity contribution in [1.82, 2.24) is 0 Å². The van der Waals surface area contributed by atoms with E-state index in [-0.39, 0.29) is 27.1 Å². The molecule has 1 aliphatic heterocycles. The fraction of sp³-hybridized carbons (Fsp3) is 0.154. The molecular formula is C26H21Cl2NO5. The average molecular weight is 498 g/mol. The van der Waals surface area contributed by atoms with E-state index < -0.39 is 17.7 Å². The van der Waals surface area contributed by atoms with E-state index in [4.69, 9.17) is 27.9 Å². The maximum absolute atomic E-state index is 13.2. The van der Waals surface area contributed by atoms with Crippen LogP contribution in [0.4, 0.5) is 5.69 Å². The molecule has 6 nitrogen and oxygen atoms in total. The lowest BCUT2D eigenvalue weighted by Crippen LogP contribution is -2.29. The highest BCUT2D eigenvalue weighted by atomic mass is 35.5. The zero-order chi connectivity index (χ0) is 24.6. The minimum atomic E-state index is -0.970. The number of nitrogens with zero attached hydrogens (tertiary/aromatic N) is 1. The first-order valence-electron chi connectivity index (χ1n) is 10.5. The molecule has 0 aliphatic carbocycles. The molecule has 174 valence electrons. The minimum Gasteiger partial charge on any atom is -0.508 e. The van der Waals surface area contributed by atoms with Crippen LogP contribution >= 0.6 is 23.2 Å². The maximum Gasteiger partial charge on any atom is 0.300 e. The lowest BCUT2D eigenvalue weighted by molar-refractivity contribution is -0.132. The van der Waals surface area contributed by atoms with Crippen LogP contribution in [0, 0.1) is 6.92 Å². The van der Waals surface area contributed by atoms with Crippen molar-refractivity contribution in [2.45, 2.75) is 19.9 Å². The van der Waals surface area contributed by atoms with Crippen LogP contribution < -0.4 is 9.64 Å². The van der Waals surface area contributed by atoms with Gasteiger partial charge in [-0.25, -0.2) is 0 Å². The quantitative estimate of drug-likeness (QED) is 0.255. The van der Waals surface area contributed by atoms with Crippen LogP contribution in [0.1, 0.15) is 29.7 Å². The van der Waals surface area contributed by atoms with Gasteiger partial charge in [0.05, 0.1) is 18.2 Å². The van der Waals surface area contributed by atoms with E-state index in [1.165, 1.54) is 35.2 Å². The zero-order valence-electron chi connectivity index (χ0n) is 18.4. The zero-order valence-corrected chi connectivity index (χ0v) is 19.9. The minimum absolute atomic E-state index is 0.0219. The Morgan fingerprint density at radius 2 is 1.65 bits per heavy atom. The number of aromatic hydroxyl groups is 1. The number of ketones is 1. The molecule has 0 saturated carbocycles. The Hall–Kier alpha value is -3.48. The lowest BCUT2D eigenvalue weighted by atomic mass is 9.94. The van der Waals surface area contributed by atoms with Gasteiger partial charge in [0, 0.05) is 21.3 Å². The van der Waals surface area contributed by atoms with Gasteiger partial charge in [-0.1, -0.05) is 35.3 Å². The third-order valence-corrected chi connectivity index (χ3v) is 5.96. The smallest absolute Gasteiger partial charge is 0.300 e. The van der Waals surface area contributed by atoms with Gasteiger partial charge in [0.2, 0.25) is 0 Å². The molecule has 2 N–H and O–H groups in total. The molecule has 1 unspecified atom stereocenters. The number of aryl methyl sites for hydroxylation is 1. The average Bonchev–Trinajstić information content (AvgIpc) is 3.05. The summed E-state index contributed by atoms with van der Waals surface area (Å²) in [7, 11) is 0. The van der Waals surface area contributed by atoms with Crippen LogP contribution in [-0.4, -0.2) is 28.5 Å². The molecule has 1 aliphatic rings. The predicted molar refractivity (Wildman–Crippen MR) is 132 cm³/mol. The Bertz CT molecular complexity index is 1300. The molecular weight excluding hydrogens is 477 g/mol. The predicted octanol–water partition coefficient (Wildman–Crippen LogP) is 6.03. The summed E-state index contributed by atoms with van der Waals surface area (Å²) in [6.45, 7) is 4.18. The van der Waals surface area contributed by atoms with Crippen molar-refractivity contribution in [3.05, 3.63) is 93.0 Å². The summed E-state index contributed by atoms with van der Waals surface area (Å²) in [6.07, 6.45) is 0. The van der Waals surface area contributed by atoms with Gasteiger partial charge in [-0.05, 0) is 73.5 Å². The molecule has 1 amide bonds. The molecule has 1 fully saturated rings. The first kappa shape index (κ1) is 23.7. The molecule has 3 aromatic carbocycles. The van der Waals surface area contributed by atoms with Gasteiger partial charge in [-0.3, -0.25) is 14.5 Å². The normalized spacial score (nSPS) is 17.3. The second-order valence-electron chi connectivity index (χ2n) is 7.80. The van der Waals surface area contributed by atoms with E-state index in [9.17, 15) is 19.8 Å². The van der Waals surface area contributed by atoms with Crippen LogP contribution in [0.25, 0.3) is 5.76 Å². The van der Waals surface area contributed by atoms with Crippen LogP contribution in [0.5, 0.6) is 11.5 Å². The second kappa shape index (κ2) is 9.41. The summed E-state index contributed by atoms with van der Waals surface area (Å²) in [6, 6.07) is 14.7. The number of aliphatic hydroxyl groups excluding tert-OH is 1. The Kier molecular flexibility index (Phi) is 6.55. The van der Waals surface area contributed by atoms with E-state index in [2.05, 4.69) is 0 Å². The molecule has 3 aromatic rings. The van der Waals surface area contributed by atoms with Gasteiger partial charge in [-0.2, -0.15) is 0 Å². The van der Waals surface area contributed by atoms with Crippen LogP contribution in [0.15, 0.2) is 66.2 Å². The highest BCUT2D eigenvalue weighted by molar-refractivity contribution is 6.52. The van der Waals surface area contributed by atoms with Crippen molar-refractivity contribution in [3.63, 3.8) is 0 Å². The number of phenols is 1. The van der Waals surface area contributed by atoms with E-state index >= 15 is 0 Å². The summed E-state index contributed by atoms with van der Waals surface area (Å²) in [5, 5.41) is 21.6. The Balaban J connectivity index is 1.93. The number of carbonyl (C=O) groups is 2. The third kappa shape index (κ3) is 4.34. The summed E-state index contributed by atoms with van der Waals surface area (Å²) in [4.78, 5) is 27.7. The molecule has 0 radical (unpaired) electrons. The number of rotatable bonds is 5. The molecule has 0 spiro atoms. The highest BCUT2D eigenvalue weighted by Crippen LogP contribution is 2.43. The number of benzene rings is 3. The standard InChI is InChI=1S/C26H21Cl2NO5/c1-3-34-21-9-6-16(10-14(21)2)24(31)22-23(15-4-7-20(30)8-5-15)29(26(33)25(22)32)19-12-17(27)11-18(28)13-19/h4-13,23,30-31H,3H2,1-2H3/b24-22+. The largest absolute Gasteiger partial charge is 0.508 e. The number of Topliss-reactive ketones (excluding diaryl/α,β-unsaturated/α-hetero) is 1. The van der Waals surface area contributed by atoms with Crippen molar-refractivity contribution in [3.8, 4) is 11.5 Å². The molecule has 1 saturated heterocycles. The maximum atomic E-state index is 13.2. The van der Waals surface area contributed by atoms with E-state index in [1.807, 2.05) is 13.8 Å². The topological polar surface area (TPSA) is 87.1 Å². The Morgan fingerprint density at radius 1 is 1.00 bits per heavy atom. The van der Waals surface area contributed by atoms with E-state index in [0.29, 0.717) is 29.2 Å². The number of hydrogen-bond acceptors (Lipinski definition) is 5. The van der Waals surface area contributed by atoms with Gasteiger partial charge < -0.3 is 14.9 Å². The third-order valence-electron chi connectivity index (χ3n) is 5.53. The first-order chi connectivity index (χ1) is 16.2. The summed E-state index contributed by atoms with van der Waals surface area (Å²) in [5.41, 5.74) is 1.86. The Labute approximate surface area is 206 Å². The van der Waals surface area contributed by atoms with Crippen molar-refractivity contribution in [1.29, 1.82) is 0 Å². The number of aliphatic hydroxyl groups is 1. The van der Waals surface area contributed by atoms with Gasteiger partial charge >= 0.3 is 0 Å². The number of ether oxygens (including phenoxy) is 1. The summed E-state index contributed by atoms with van der Waals surface area (Å²) < 4.78 is 5.56. The molecule has 8 heteroatoms. The van der Waals surface area contributed by atoms with Crippen molar-refractivity contribution < 1.29 is 24.5 Å². The monoisotopic (exact) mass is 497 g/mol. The number of anilines is 1. The molecule has 1 atom stereocenters. The highest BCUT2D eigenvalue weighted by Gasteiger charge is 2.47. The fourth-order valence-electron chi connectivity index (χ4n) is 4.02. The molecule has 34 heavy (non-hydrogen) atoms. The van der Waals surface area contributed by atoms with Gasteiger partial charge in [0.25, 0.3) is 11.7 Å². The second-order valence-corrected chi connectivity index (χ2v) is 8.67. The lowest BCUT2D eigenvalue weighted by Gasteiger charge is -2.26. The number of carbonyl (C=O) groups excluding carboxylic acids is 2. The Morgan fingerprint density at radius 3 is 2.24 bits per heavy atom. The van der Waals surface area contributed by atoms with Gasteiger partial charge in [0.15, 0.2) is 0 Å². The SMILES string of the molecule is CCOc1ccc(/C(O)=C2\C(=O)C(=O)N(c3cc(Cl)cc(Cl)c3)C2c2ccc(O)cc2)cc1C. The van der Waals surface area contributed by atoms with E-state index in [0.717, 1.165) is 5.56 Å². The summed E-state index contributed by atoms with van der Waals surface area (Å²) >= 11 is 12.3. The number of halogens is 2. The van der Waals surface area contributed by atoms with Crippen LogP contribution in [-0.2, 0) is 9.59 Å². The first-order valence-corrected chi connectivity index (χ1v) is 11.3. The number of phenolic OH excluding ortho intramolecular Hbond substituents is 1. The fourth-order valence-corrected chi connectivity index (χ4v) is 4.53.